The lowest BCUT2D eigenvalue weighted by molar-refractivity contribution is -0.0226. The van der Waals surface area contributed by atoms with Crippen molar-refractivity contribution in [3.63, 3.8) is 0 Å². The third kappa shape index (κ3) is 3.38. The number of hydrogen-bond donors (Lipinski definition) is 1. The van der Waals surface area contributed by atoms with E-state index in [1.54, 1.807) is 12.1 Å². The van der Waals surface area contributed by atoms with E-state index in [-0.39, 0.29) is 18.6 Å². The molecule has 1 saturated heterocycles. The van der Waals surface area contributed by atoms with E-state index >= 15 is 0 Å². The van der Waals surface area contributed by atoms with Crippen LogP contribution in [0.2, 0.25) is 0 Å². The van der Waals surface area contributed by atoms with E-state index in [2.05, 4.69) is 18.8 Å². The maximum absolute atomic E-state index is 12.6. The van der Waals surface area contributed by atoms with E-state index in [1.807, 2.05) is 17.0 Å². The van der Waals surface area contributed by atoms with Crippen molar-refractivity contribution in [2.45, 2.75) is 19.4 Å². The molecule has 4 heteroatoms. The SMILES string of the molecule is CCC1CN(C(=O)c2ccccc2C#CCO)CCO1. The lowest BCUT2D eigenvalue weighted by atomic mass is 10.1. The molecule has 4 nitrogen and oxygen atoms in total. The summed E-state index contributed by atoms with van der Waals surface area (Å²) in [6, 6.07) is 7.25. The summed E-state index contributed by atoms with van der Waals surface area (Å²) < 4.78 is 5.58. The molecule has 20 heavy (non-hydrogen) atoms. The molecule has 1 amide bonds. The van der Waals surface area contributed by atoms with Crippen LogP contribution in [0.15, 0.2) is 24.3 Å². The summed E-state index contributed by atoms with van der Waals surface area (Å²) in [6.07, 6.45) is 1.01. The van der Waals surface area contributed by atoms with E-state index in [4.69, 9.17) is 9.84 Å². The predicted molar refractivity (Wildman–Crippen MR) is 76.3 cm³/mol. The highest BCUT2D eigenvalue weighted by atomic mass is 16.5. The van der Waals surface area contributed by atoms with Crippen molar-refractivity contribution < 1.29 is 14.6 Å². The number of aliphatic hydroxyl groups is 1. The number of hydrogen-bond acceptors (Lipinski definition) is 3. The summed E-state index contributed by atoms with van der Waals surface area (Å²) in [7, 11) is 0. The molecule has 106 valence electrons. The van der Waals surface area contributed by atoms with Crippen molar-refractivity contribution in [2.75, 3.05) is 26.3 Å². The van der Waals surface area contributed by atoms with Crippen LogP contribution in [0.1, 0.15) is 29.3 Å². The fourth-order valence-electron chi connectivity index (χ4n) is 2.23. The monoisotopic (exact) mass is 273 g/mol. The Bertz CT molecular complexity index is 530. The van der Waals surface area contributed by atoms with Crippen LogP contribution in [0.5, 0.6) is 0 Å². The van der Waals surface area contributed by atoms with Crippen molar-refractivity contribution in [1.82, 2.24) is 4.90 Å². The van der Waals surface area contributed by atoms with E-state index in [0.717, 1.165) is 6.42 Å². The minimum Gasteiger partial charge on any atom is -0.384 e. The number of benzene rings is 1. The van der Waals surface area contributed by atoms with Gasteiger partial charge in [0.25, 0.3) is 5.91 Å². The lowest BCUT2D eigenvalue weighted by Crippen LogP contribution is -2.45. The Morgan fingerprint density at radius 2 is 2.30 bits per heavy atom. The van der Waals surface area contributed by atoms with E-state index < -0.39 is 0 Å². The van der Waals surface area contributed by atoms with Gasteiger partial charge in [0.15, 0.2) is 0 Å². The summed E-state index contributed by atoms with van der Waals surface area (Å²) in [6.45, 7) is 3.65. The molecule has 1 aliphatic heterocycles. The molecule has 1 N–H and O–H groups in total. The number of carbonyl (C=O) groups is 1. The maximum Gasteiger partial charge on any atom is 0.255 e. The fraction of sp³-hybridized carbons (Fsp3) is 0.438. The first-order chi connectivity index (χ1) is 9.76. The second-order valence-electron chi connectivity index (χ2n) is 4.66. The number of amides is 1. The molecule has 1 heterocycles. The summed E-state index contributed by atoms with van der Waals surface area (Å²) in [5, 5.41) is 8.79. The van der Waals surface area contributed by atoms with Crippen molar-refractivity contribution in [3.05, 3.63) is 35.4 Å². The standard InChI is InChI=1S/C16H19NO3/c1-2-14-12-17(9-11-20-14)16(19)15-8-4-3-6-13(15)7-5-10-18/h3-4,6,8,14,18H,2,9-12H2,1H3. The molecule has 1 fully saturated rings. The molecule has 2 rings (SSSR count). The quantitative estimate of drug-likeness (QED) is 0.826. The normalized spacial score (nSPS) is 18.3. The van der Waals surface area contributed by atoms with Crippen LogP contribution >= 0.6 is 0 Å². The molecule has 1 aromatic carbocycles. The summed E-state index contributed by atoms with van der Waals surface area (Å²) in [5.41, 5.74) is 1.25. The molecule has 0 spiro atoms. The van der Waals surface area contributed by atoms with Gasteiger partial charge in [0.05, 0.1) is 18.3 Å². The van der Waals surface area contributed by atoms with Crippen LogP contribution in [0.4, 0.5) is 0 Å². The average Bonchev–Trinajstić information content (AvgIpc) is 2.52. The third-order valence-electron chi connectivity index (χ3n) is 3.34. The van der Waals surface area contributed by atoms with Crippen molar-refractivity contribution in [3.8, 4) is 11.8 Å². The summed E-state index contributed by atoms with van der Waals surface area (Å²) in [5.74, 6) is 5.40. The number of rotatable bonds is 2. The average molecular weight is 273 g/mol. The number of nitrogens with zero attached hydrogens (tertiary/aromatic N) is 1. The van der Waals surface area contributed by atoms with Gasteiger partial charge in [0, 0.05) is 18.7 Å². The molecule has 0 aliphatic carbocycles. The molecule has 0 saturated carbocycles. The summed E-state index contributed by atoms with van der Waals surface area (Å²) >= 11 is 0. The van der Waals surface area contributed by atoms with Gasteiger partial charge in [-0.05, 0) is 18.6 Å². The molecule has 1 unspecified atom stereocenters. The van der Waals surface area contributed by atoms with Gasteiger partial charge in [-0.2, -0.15) is 0 Å². The molecule has 0 aromatic heterocycles. The van der Waals surface area contributed by atoms with Crippen molar-refractivity contribution in [2.24, 2.45) is 0 Å². The molecule has 0 radical (unpaired) electrons. The third-order valence-corrected chi connectivity index (χ3v) is 3.34. The Morgan fingerprint density at radius 3 is 3.05 bits per heavy atom. The Labute approximate surface area is 119 Å². The Morgan fingerprint density at radius 1 is 1.50 bits per heavy atom. The fourth-order valence-corrected chi connectivity index (χ4v) is 2.23. The smallest absolute Gasteiger partial charge is 0.255 e. The molecular formula is C16H19NO3. The van der Waals surface area contributed by atoms with Crippen LogP contribution in [0.25, 0.3) is 0 Å². The van der Waals surface area contributed by atoms with Crippen LogP contribution in [-0.4, -0.2) is 48.3 Å². The largest absolute Gasteiger partial charge is 0.384 e. The highest BCUT2D eigenvalue weighted by Crippen LogP contribution is 2.15. The highest BCUT2D eigenvalue weighted by molar-refractivity contribution is 5.96. The van der Waals surface area contributed by atoms with Crippen LogP contribution in [0.3, 0.4) is 0 Å². The van der Waals surface area contributed by atoms with Crippen LogP contribution < -0.4 is 0 Å². The minimum absolute atomic E-state index is 0.0189. The van der Waals surface area contributed by atoms with E-state index in [0.29, 0.717) is 30.8 Å². The van der Waals surface area contributed by atoms with Gasteiger partial charge < -0.3 is 14.7 Å². The number of ether oxygens (including phenoxy) is 1. The zero-order chi connectivity index (χ0) is 14.4. The van der Waals surface area contributed by atoms with Crippen molar-refractivity contribution >= 4 is 5.91 Å². The summed E-state index contributed by atoms with van der Waals surface area (Å²) in [4.78, 5) is 14.4. The Kier molecular flexibility index (Phi) is 5.16. The number of carbonyl (C=O) groups excluding carboxylic acids is 1. The molecule has 0 bridgehead atoms. The molecule has 1 aliphatic rings. The van der Waals surface area contributed by atoms with Gasteiger partial charge in [-0.3, -0.25) is 4.79 Å². The lowest BCUT2D eigenvalue weighted by Gasteiger charge is -2.32. The van der Waals surface area contributed by atoms with Gasteiger partial charge in [0.1, 0.15) is 6.61 Å². The molecule has 1 aromatic rings. The zero-order valence-electron chi connectivity index (χ0n) is 11.6. The maximum atomic E-state index is 12.6. The van der Waals surface area contributed by atoms with Gasteiger partial charge in [-0.1, -0.05) is 30.9 Å². The van der Waals surface area contributed by atoms with Gasteiger partial charge in [0.2, 0.25) is 0 Å². The first kappa shape index (κ1) is 14.6. The molecular weight excluding hydrogens is 254 g/mol. The van der Waals surface area contributed by atoms with Gasteiger partial charge in [-0.25, -0.2) is 0 Å². The number of morpholine rings is 1. The second kappa shape index (κ2) is 7.09. The van der Waals surface area contributed by atoms with Gasteiger partial charge >= 0.3 is 0 Å². The van der Waals surface area contributed by atoms with Crippen molar-refractivity contribution in [1.29, 1.82) is 0 Å². The highest BCUT2D eigenvalue weighted by Gasteiger charge is 2.24. The first-order valence-electron chi connectivity index (χ1n) is 6.86. The Hall–Kier alpha value is -1.83. The van der Waals surface area contributed by atoms with Crippen LogP contribution in [-0.2, 0) is 4.74 Å². The van der Waals surface area contributed by atoms with Gasteiger partial charge in [-0.15, -0.1) is 0 Å². The second-order valence-corrected chi connectivity index (χ2v) is 4.66. The first-order valence-corrected chi connectivity index (χ1v) is 6.86. The van der Waals surface area contributed by atoms with E-state index in [9.17, 15) is 4.79 Å². The zero-order valence-corrected chi connectivity index (χ0v) is 11.6. The minimum atomic E-state index is -0.210. The molecule has 1 atom stereocenters. The Balaban J connectivity index is 2.20. The topological polar surface area (TPSA) is 49.8 Å². The number of aliphatic hydroxyl groups excluding tert-OH is 1. The predicted octanol–water partition coefficient (Wildman–Crippen LogP) is 1.28. The van der Waals surface area contributed by atoms with Crippen LogP contribution in [0, 0.1) is 11.8 Å². The van der Waals surface area contributed by atoms with E-state index in [1.165, 1.54) is 0 Å².